The van der Waals surface area contributed by atoms with Crippen LogP contribution in [0.3, 0.4) is 0 Å². The van der Waals surface area contributed by atoms with Crippen LogP contribution in [0.15, 0.2) is 36.4 Å². The molecule has 90 valence electrons. The molecule has 2 heterocycles. The number of pyridine rings is 1. The number of hydrogen-bond donors (Lipinski definition) is 1. The lowest BCUT2D eigenvalue weighted by Crippen LogP contribution is -1.90. The Labute approximate surface area is 106 Å². The summed E-state index contributed by atoms with van der Waals surface area (Å²) in [4.78, 5) is 12.3. The molecule has 3 nitrogen and oxygen atoms in total. The van der Waals surface area contributed by atoms with Gasteiger partial charge in [-0.2, -0.15) is 0 Å². The van der Waals surface area contributed by atoms with E-state index in [9.17, 15) is 0 Å². The minimum atomic E-state index is 0.803. The number of aryl methyl sites for hydroxylation is 2. The van der Waals surface area contributed by atoms with Crippen LogP contribution in [0.2, 0.25) is 0 Å². The van der Waals surface area contributed by atoms with Gasteiger partial charge in [0.25, 0.3) is 0 Å². The number of imidazole rings is 1. The molecule has 0 aliphatic heterocycles. The molecule has 0 saturated carbocycles. The van der Waals surface area contributed by atoms with Crippen LogP contribution < -0.4 is 0 Å². The zero-order valence-electron chi connectivity index (χ0n) is 10.6. The first-order valence-corrected chi connectivity index (χ1v) is 6.08. The van der Waals surface area contributed by atoms with E-state index < -0.39 is 0 Å². The summed E-state index contributed by atoms with van der Waals surface area (Å²) < 4.78 is 0. The van der Waals surface area contributed by atoms with Gasteiger partial charge in [-0.1, -0.05) is 29.8 Å². The van der Waals surface area contributed by atoms with Gasteiger partial charge in [-0.15, -0.1) is 0 Å². The summed E-state index contributed by atoms with van der Waals surface area (Å²) in [5.41, 5.74) is 5.35. The number of fused-ring (bicyclic) bond motifs is 1. The second-order valence-electron chi connectivity index (χ2n) is 4.67. The van der Waals surface area contributed by atoms with E-state index in [0.29, 0.717) is 0 Å². The molecule has 2 aromatic heterocycles. The van der Waals surface area contributed by atoms with Crippen molar-refractivity contribution < 1.29 is 0 Å². The Balaban J connectivity index is 1.95. The number of aromatic nitrogens is 3. The van der Waals surface area contributed by atoms with E-state index in [1.54, 1.807) is 0 Å². The van der Waals surface area contributed by atoms with Gasteiger partial charge in [0.05, 0.1) is 5.52 Å². The Hall–Kier alpha value is -2.16. The fraction of sp³-hybridized carbons (Fsp3) is 0.200. The first-order valence-electron chi connectivity index (χ1n) is 6.08. The van der Waals surface area contributed by atoms with Gasteiger partial charge in [0.1, 0.15) is 5.82 Å². The van der Waals surface area contributed by atoms with E-state index in [0.717, 1.165) is 29.1 Å². The van der Waals surface area contributed by atoms with Crippen molar-refractivity contribution in [1.29, 1.82) is 0 Å². The Morgan fingerprint density at radius 3 is 2.78 bits per heavy atom. The molecule has 0 atom stereocenters. The van der Waals surface area contributed by atoms with E-state index in [1.807, 2.05) is 19.1 Å². The molecule has 18 heavy (non-hydrogen) atoms. The number of benzene rings is 1. The summed E-state index contributed by atoms with van der Waals surface area (Å²) in [5.74, 6) is 0.966. The van der Waals surface area contributed by atoms with Crippen LogP contribution in [-0.4, -0.2) is 15.0 Å². The van der Waals surface area contributed by atoms with Gasteiger partial charge in [0, 0.05) is 12.1 Å². The summed E-state index contributed by atoms with van der Waals surface area (Å²) >= 11 is 0. The van der Waals surface area contributed by atoms with Crippen molar-refractivity contribution in [1.82, 2.24) is 15.0 Å². The van der Waals surface area contributed by atoms with Crippen LogP contribution in [0.4, 0.5) is 0 Å². The summed E-state index contributed by atoms with van der Waals surface area (Å²) in [6.45, 7) is 4.08. The van der Waals surface area contributed by atoms with Crippen LogP contribution in [0.1, 0.15) is 22.6 Å². The highest BCUT2D eigenvalue weighted by atomic mass is 15.0. The molecule has 3 rings (SSSR count). The fourth-order valence-corrected chi connectivity index (χ4v) is 2.14. The standard InChI is InChI=1S/C15H15N3/c1-10-4-3-5-12(8-10)9-14-17-13-7-6-11(2)16-15(13)18-14/h3-8H,9H2,1-2H3,(H,16,17,18). The first kappa shape index (κ1) is 11.0. The van der Waals surface area contributed by atoms with E-state index in [1.165, 1.54) is 11.1 Å². The number of nitrogens with zero attached hydrogens (tertiary/aromatic N) is 2. The van der Waals surface area contributed by atoms with Gasteiger partial charge < -0.3 is 4.98 Å². The van der Waals surface area contributed by atoms with Gasteiger partial charge in [0.2, 0.25) is 0 Å². The highest BCUT2D eigenvalue weighted by Gasteiger charge is 2.05. The van der Waals surface area contributed by atoms with Crippen LogP contribution in [0.25, 0.3) is 11.2 Å². The highest BCUT2D eigenvalue weighted by molar-refractivity contribution is 5.70. The number of nitrogens with one attached hydrogen (secondary N) is 1. The van der Waals surface area contributed by atoms with Crippen molar-refractivity contribution in [2.24, 2.45) is 0 Å². The van der Waals surface area contributed by atoms with Crippen LogP contribution >= 0.6 is 0 Å². The van der Waals surface area contributed by atoms with Crippen molar-refractivity contribution in [3.05, 3.63) is 59.0 Å². The summed E-state index contributed by atoms with van der Waals surface area (Å²) in [6.07, 6.45) is 0.817. The molecule has 1 aromatic carbocycles. The fourth-order valence-electron chi connectivity index (χ4n) is 2.14. The third-order valence-electron chi connectivity index (χ3n) is 2.99. The van der Waals surface area contributed by atoms with Crippen molar-refractivity contribution >= 4 is 11.2 Å². The Morgan fingerprint density at radius 1 is 1.06 bits per heavy atom. The molecule has 0 radical (unpaired) electrons. The molecule has 0 spiro atoms. The number of H-pyrrole nitrogens is 1. The molecule has 3 heteroatoms. The van der Waals surface area contributed by atoms with Gasteiger partial charge in [-0.3, -0.25) is 0 Å². The van der Waals surface area contributed by atoms with Gasteiger partial charge >= 0.3 is 0 Å². The minimum absolute atomic E-state index is 0.803. The maximum Gasteiger partial charge on any atom is 0.177 e. The molecule has 0 saturated heterocycles. The lowest BCUT2D eigenvalue weighted by Gasteiger charge is -1.99. The topological polar surface area (TPSA) is 41.6 Å². The molecule has 1 N–H and O–H groups in total. The van der Waals surface area contributed by atoms with E-state index in [4.69, 9.17) is 0 Å². The third kappa shape index (κ3) is 2.12. The molecule has 0 aliphatic carbocycles. The number of rotatable bonds is 2. The normalized spacial score (nSPS) is 11.0. The Kier molecular flexibility index (Phi) is 2.59. The molecule has 0 aliphatic rings. The molecular formula is C15H15N3. The van der Waals surface area contributed by atoms with Gasteiger partial charge in [-0.05, 0) is 31.5 Å². The lowest BCUT2D eigenvalue weighted by molar-refractivity contribution is 1.03. The Morgan fingerprint density at radius 2 is 1.94 bits per heavy atom. The number of aromatic amines is 1. The van der Waals surface area contributed by atoms with Crippen molar-refractivity contribution in [2.45, 2.75) is 20.3 Å². The van der Waals surface area contributed by atoms with E-state index >= 15 is 0 Å². The predicted octanol–water partition coefficient (Wildman–Crippen LogP) is 3.17. The summed E-state index contributed by atoms with van der Waals surface area (Å²) in [7, 11) is 0. The molecule has 0 unspecified atom stereocenters. The Bertz CT molecular complexity index is 698. The van der Waals surface area contributed by atoms with Crippen LogP contribution in [0.5, 0.6) is 0 Å². The smallest absolute Gasteiger partial charge is 0.177 e. The molecule has 3 aromatic rings. The highest BCUT2D eigenvalue weighted by Crippen LogP contribution is 2.13. The second kappa shape index (κ2) is 4.26. The maximum absolute atomic E-state index is 4.53. The minimum Gasteiger partial charge on any atom is -0.340 e. The van der Waals surface area contributed by atoms with Gasteiger partial charge in [0.15, 0.2) is 5.65 Å². The lowest BCUT2D eigenvalue weighted by atomic mass is 10.1. The SMILES string of the molecule is Cc1cccc(Cc2nc3nc(C)ccc3[nH]2)c1. The first-order chi connectivity index (χ1) is 8.70. The van der Waals surface area contributed by atoms with Crippen molar-refractivity contribution in [3.8, 4) is 0 Å². The van der Waals surface area contributed by atoms with Gasteiger partial charge in [-0.25, -0.2) is 9.97 Å². The van der Waals surface area contributed by atoms with E-state index in [2.05, 4.69) is 46.1 Å². The quantitative estimate of drug-likeness (QED) is 0.743. The monoisotopic (exact) mass is 237 g/mol. The predicted molar refractivity (Wildman–Crippen MR) is 72.6 cm³/mol. The molecule has 0 bridgehead atoms. The van der Waals surface area contributed by atoms with Crippen LogP contribution in [0, 0.1) is 13.8 Å². The molecule has 0 amide bonds. The van der Waals surface area contributed by atoms with Crippen molar-refractivity contribution in [3.63, 3.8) is 0 Å². The maximum atomic E-state index is 4.53. The largest absolute Gasteiger partial charge is 0.340 e. The molecular weight excluding hydrogens is 222 g/mol. The third-order valence-corrected chi connectivity index (χ3v) is 2.99. The summed E-state index contributed by atoms with van der Waals surface area (Å²) in [5, 5.41) is 0. The van der Waals surface area contributed by atoms with Crippen molar-refractivity contribution in [2.75, 3.05) is 0 Å². The average Bonchev–Trinajstić information content (AvgIpc) is 2.70. The van der Waals surface area contributed by atoms with E-state index in [-0.39, 0.29) is 0 Å². The second-order valence-corrected chi connectivity index (χ2v) is 4.67. The average molecular weight is 237 g/mol. The number of hydrogen-bond acceptors (Lipinski definition) is 2. The zero-order valence-corrected chi connectivity index (χ0v) is 10.6. The zero-order chi connectivity index (χ0) is 12.5. The molecule has 0 fully saturated rings. The summed E-state index contributed by atoms with van der Waals surface area (Å²) in [6, 6.07) is 12.5. The van der Waals surface area contributed by atoms with Crippen LogP contribution in [-0.2, 0) is 6.42 Å².